The van der Waals surface area contributed by atoms with Crippen molar-refractivity contribution >= 4 is 5.82 Å². The minimum absolute atomic E-state index is 0.0269. The second-order valence-electron chi connectivity index (χ2n) is 4.13. The van der Waals surface area contributed by atoms with Crippen LogP contribution in [-0.4, -0.2) is 22.1 Å². The monoisotopic (exact) mass is 246 g/mol. The predicted octanol–water partition coefficient (Wildman–Crippen LogP) is 1.79. The molecule has 1 aliphatic rings. The third-order valence-corrected chi connectivity index (χ3v) is 2.84. The Morgan fingerprint density at radius 2 is 2.00 bits per heavy atom. The third kappa shape index (κ3) is 2.85. The number of hydrogen-bond acceptors (Lipinski definition) is 4. The number of nitrogens with two attached hydrogens (primary N) is 1. The van der Waals surface area contributed by atoms with E-state index in [-0.39, 0.29) is 12.1 Å². The lowest BCUT2D eigenvalue weighted by molar-refractivity contribution is -0.141. The van der Waals surface area contributed by atoms with Crippen molar-refractivity contribution in [3.8, 4) is 0 Å². The summed E-state index contributed by atoms with van der Waals surface area (Å²) in [5.41, 5.74) is 4.85. The lowest BCUT2D eigenvalue weighted by Crippen LogP contribution is -2.35. The number of hydrogen-bond donors (Lipinski definition) is 2. The number of halogens is 3. The Bertz CT molecular complexity index is 376. The molecule has 0 saturated heterocycles. The van der Waals surface area contributed by atoms with Crippen molar-refractivity contribution in [2.75, 3.05) is 5.32 Å². The second-order valence-corrected chi connectivity index (χ2v) is 4.13. The number of nitrogens with zero attached hydrogens (tertiary/aromatic N) is 2. The first-order chi connectivity index (χ1) is 7.97. The van der Waals surface area contributed by atoms with Crippen molar-refractivity contribution in [2.24, 2.45) is 5.73 Å². The molecular weight excluding hydrogens is 233 g/mol. The zero-order valence-corrected chi connectivity index (χ0v) is 9.04. The summed E-state index contributed by atoms with van der Waals surface area (Å²) >= 11 is 0. The maximum Gasteiger partial charge on any atom is 0.434 e. The molecule has 0 radical (unpaired) electrons. The third-order valence-electron chi connectivity index (χ3n) is 2.84. The molecule has 0 bridgehead atoms. The Morgan fingerprint density at radius 3 is 2.47 bits per heavy atom. The molecule has 2 atom stereocenters. The normalized spacial score (nSPS) is 24.9. The van der Waals surface area contributed by atoms with Gasteiger partial charge < -0.3 is 11.1 Å². The van der Waals surface area contributed by atoms with Gasteiger partial charge in [0, 0.05) is 12.1 Å². The van der Waals surface area contributed by atoms with Gasteiger partial charge in [0.1, 0.15) is 5.82 Å². The van der Waals surface area contributed by atoms with Crippen LogP contribution in [0.1, 0.15) is 25.0 Å². The van der Waals surface area contributed by atoms with Gasteiger partial charge in [-0.05, 0) is 19.3 Å². The Kier molecular flexibility index (Phi) is 3.19. The van der Waals surface area contributed by atoms with E-state index in [2.05, 4.69) is 15.3 Å². The van der Waals surface area contributed by atoms with Gasteiger partial charge in [-0.1, -0.05) is 0 Å². The van der Waals surface area contributed by atoms with Gasteiger partial charge in [-0.3, -0.25) is 0 Å². The summed E-state index contributed by atoms with van der Waals surface area (Å²) in [5.74, 6) is 0.334. The number of nitrogens with one attached hydrogen (secondary N) is 1. The van der Waals surface area contributed by atoms with Crippen LogP contribution in [0.15, 0.2) is 12.4 Å². The topological polar surface area (TPSA) is 63.8 Å². The number of anilines is 1. The standard InChI is InChI=1S/C10H13F3N4/c11-10(12,13)8-4-16-9(5-15-8)17-7-3-1-2-6(7)14/h4-7H,1-3,14H2,(H,16,17)/t6-,7?/m0/s1. The predicted molar refractivity (Wildman–Crippen MR) is 56.3 cm³/mol. The minimum Gasteiger partial charge on any atom is -0.365 e. The van der Waals surface area contributed by atoms with Crippen molar-refractivity contribution in [1.29, 1.82) is 0 Å². The van der Waals surface area contributed by atoms with Crippen LogP contribution in [0.4, 0.5) is 19.0 Å². The summed E-state index contributed by atoms with van der Waals surface area (Å²) in [6.07, 6.45) is 0.217. The van der Waals surface area contributed by atoms with E-state index in [1.54, 1.807) is 0 Å². The average molecular weight is 246 g/mol. The van der Waals surface area contributed by atoms with E-state index in [1.807, 2.05) is 0 Å². The van der Waals surface area contributed by atoms with E-state index >= 15 is 0 Å². The molecule has 1 aromatic heterocycles. The molecule has 3 N–H and O–H groups in total. The molecule has 7 heteroatoms. The molecule has 0 amide bonds. The van der Waals surface area contributed by atoms with Crippen molar-refractivity contribution in [3.63, 3.8) is 0 Å². The van der Waals surface area contributed by atoms with Gasteiger partial charge in [0.05, 0.1) is 12.4 Å². The maximum absolute atomic E-state index is 12.2. The van der Waals surface area contributed by atoms with Gasteiger partial charge in [-0.25, -0.2) is 9.97 Å². The summed E-state index contributed by atoms with van der Waals surface area (Å²) in [7, 11) is 0. The summed E-state index contributed by atoms with van der Waals surface area (Å²) in [4.78, 5) is 7.02. The Labute approximate surface area is 96.4 Å². The molecule has 0 aromatic carbocycles. The fourth-order valence-electron chi connectivity index (χ4n) is 1.91. The van der Waals surface area contributed by atoms with Gasteiger partial charge in [0.2, 0.25) is 0 Å². The number of aromatic nitrogens is 2. The molecule has 1 aliphatic carbocycles. The first kappa shape index (κ1) is 12.1. The molecule has 1 fully saturated rings. The molecule has 1 saturated carbocycles. The SMILES string of the molecule is N[C@H]1CCCC1Nc1cnc(C(F)(F)F)cn1. The highest BCUT2D eigenvalue weighted by Gasteiger charge is 2.33. The summed E-state index contributed by atoms with van der Waals surface area (Å²) in [6, 6.07) is 0.0973. The number of alkyl halides is 3. The average Bonchev–Trinajstić information content (AvgIpc) is 2.64. The quantitative estimate of drug-likeness (QED) is 0.835. The van der Waals surface area contributed by atoms with E-state index in [0.717, 1.165) is 31.7 Å². The van der Waals surface area contributed by atoms with Gasteiger partial charge in [-0.15, -0.1) is 0 Å². The lowest BCUT2D eigenvalue weighted by Gasteiger charge is -2.17. The highest BCUT2D eigenvalue weighted by Crippen LogP contribution is 2.27. The molecule has 94 valence electrons. The molecule has 1 unspecified atom stereocenters. The van der Waals surface area contributed by atoms with E-state index < -0.39 is 11.9 Å². The fourth-order valence-corrected chi connectivity index (χ4v) is 1.91. The van der Waals surface area contributed by atoms with E-state index in [0.29, 0.717) is 5.82 Å². The van der Waals surface area contributed by atoms with Crippen molar-refractivity contribution < 1.29 is 13.2 Å². The van der Waals surface area contributed by atoms with Crippen LogP contribution in [0.5, 0.6) is 0 Å². The smallest absolute Gasteiger partial charge is 0.365 e. The van der Waals surface area contributed by atoms with Crippen molar-refractivity contribution in [2.45, 2.75) is 37.5 Å². The molecule has 2 rings (SSSR count). The van der Waals surface area contributed by atoms with Crippen LogP contribution < -0.4 is 11.1 Å². The summed E-state index contributed by atoms with van der Waals surface area (Å²) in [6.45, 7) is 0. The first-order valence-electron chi connectivity index (χ1n) is 5.38. The Morgan fingerprint density at radius 1 is 1.24 bits per heavy atom. The Balaban J connectivity index is 2.03. The van der Waals surface area contributed by atoms with Crippen LogP contribution in [0.2, 0.25) is 0 Å². The van der Waals surface area contributed by atoms with E-state index in [9.17, 15) is 13.2 Å². The maximum atomic E-state index is 12.2. The van der Waals surface area contributed by atoms with Crippen LogP contribution in [0.3, 0.4) is 0 Å². The molecule has 1 heterocycles. The fraction of sp³-hybridized carbons (Fsp3) is 0.600. The molecular formula is C10H13F3N4. The molecule has 4 nitrogen and oxygen atoms in total. The van der Waals surface area contributed by atoms with Crippen LogP contribution in [0.25, 0.3) is 0 Å². The Hall–Kier alpha value is -1.37. The zero-order valence-electron chi connectivity index (χ0n) is 9.04. The van der Waals surface area contributed by atoms with Gasteiger partial charge >= 0.3 is 6.18 Å². The summed E-state index contributed by atoms with van der Waals surface area (Å²) in [5, 5.41) is 3.00. The van der Waals surface area contributed by atoms with Crippen LogP contribution >= 0.6 is 0 Å². The highest BCUT2D eigenvalue weighted by molar-refractivity contribution is 5.33. The molecule has 1 aromatic rings. The van der Waals surface area contributed by atoms with Gasteiger partial charge in [0.25, 0.3) is 0 Å². The van der Waals surface area contributed by atoms with E-state index in [1.165, 1.54) is 0 Å². The highest BCUT2D eigenvalue weighted by atomic mass is 19.4. The summed E-state index contributed by atoms with van der Waals surface area (Å²) < 4.78 is 36.7. The largest absolute Gasteiger partial charge is 0.434 e. The van der Waals surface area contributed by atoms with Crippen molar-refractivity contribution in [1.82, 2.24) is 9.97 Å². The molecule has 17 heavy (non-hydrogen) atoms. The zero-order chi connectivity index (χ0) is 12.5. The number of rotatable bonds is 2. The van der Waals surface area contributed by atoms with Gasteiger partial charge in [0.15, 0.2) is 5.69 Å². The van der Waals surface area contributed by atoms with Crippen LogP contribution in [0, 0.1) is 0 Å². The van der Waals surface area contributed by atoms with E-state index in [4.69, 9.17) is 5.73 Å². The van der Waals surface area contributed by atoms with Gasteiger partial charge in [-0.2, -0.15) is 13.2 Å². The molecule has 0 aliphatic heterocycles. The van der Waals surface area contributed by atoms with Crippen LogP contribution in [-0.2, 0) is 6.18 Å². The second kappa shape index (κ2) is 4.48. The van der Waals surface area contributed by atoms with Crippen molar-refractivity contribution in [3.05, 3.63) is 18.1 Å². The minimum atomic E-state index is -4.45. The molecule has 0 spiro atoms. The first-order valence-corrected chi connectivity index (χ1v) is 5.38. The lowest BCUT2D eigenvalue weighted by atomic mass is 10.2.